The molecule has 0 aromatic heterocycles. The molecule has 1 aliphatic carbocycles. The first-order valence-corrected chi connectivity index (χ1v) is 22.5. The summed E-state index contributed by atoms with van der Waals surface area (Å²) in [4.78, 5) is 42.9. The van der Waals surface area contributed by atoms with Gasteiger partial charge in [-0.05, 0) is 71.9 Å². The molecule has 3 heterocycles. The molecule has 338 valence electrons. The number of amides is 2. The molecular formula is C46H61N3NaO12S+. The first-order valence-electron chi connectivity index (χ1n) is 21.1. The second-order valence-electron chi connectivity index (χ2n) is 16.9. The van der Waals surface area contributed by atoms with Crippen LogP contribution in [0, 0.1) is 0 Å². The third-order valence-corrected chi connectivity index (χ3v) is 11.8. The molecule has 0 saturated carbocycles. The molecule has 1 fully saturated rings. The number of methoxy groups -OCH3 is 2. The second-order valence-corrected chi connectivity index (χ2v) is 18.2. The molecule has 2 amide bonds. The van der Waals surface area contributed by atoms with Gasteiger partial charge in [0.05, 0.1) is 37.4 Å². The molecule has 4 aliphatic rings. The van der Waals surface area contributed by atoms with Crippen LogP contribution in [0.5, 0.6) is 0 Å². The maximum absolute atomic E-state index is 12.4. The van der Waals surface area contributed by atoms with Gasteiger partial charge in [0.25, 0.3) is 11.8 Å². The summed E-state index contributed by atoms with van der Waals surface area (Å²) >= 11 is 0. The Balaban J connectivity index is 0.00000871. The number of carbonyl (C=O) groups excluding carboxylic acids is 3. The summed E-state index contributed by atoms with van der Waals surface area (Å²) in [5.41, 5.74) is 3.57. The summed E-state index contributed by atoms with van der Waals surface area (Å²) in [7, 11) is -1.41. The van der Waals surface area contributed by atoms with Gasteiger partial charge < -0.3 is 37.7 Å². The molecule has 1 aromatic rings. The fourth-order valence-corrected chi connectivity index (χ4v) is 8.11. The van der Waals surface area contributed by atoms with Crippen molar-refractivity contribution >= 4 is 39.7 Å². The number of hydroxylamine groups is 2. The van der Waals surface area contributed by atoms with Gasteiger partial charge in [0.2, 0.25) is 5.36 Å². The molecule has 15 nitrogen and oxygen atoms in total. The molecule has 5 rings (SSSR count). The molecule has 0 radical (unpaired) electrons. The van der Waals surface area contributed by atoms with Gasteiger partial charge in [-0.15, -0.1) is 5.06 Å². The molecule has 63 heavy (non-hydrogen) atoms. The van der Waals surface area contributed by atoms with E-state index in [0.717, 1.165) is 33.6 Å². The second kappa shape index (κ2) is 23.5. The number of allylic oxidation sites excluding steroid dienone is 3. The monoisotopic (exact) mass is 902 g/mol. The van der Waals surface area contributed by atoms with Crippen LogP contribution in [0.25, 0.3) is 17.4 Å². The summed E-state index contributed by atoms with van der Waals surface area (Å²) < 4.78 is 67.0. The zero-order valence-corrected chi connectivity index (χ0v) is 40.8. The number of rotatable bonds is 22. The van der Waals surface area contributed by atoms with E-state index in [1.165, 1.54) is 12.1 Å². The van der Waals surface area contributed by atoms with Crippen LogP contribution in [0.3, 0.4) is 0 Å². The number of unbranched alkanes of at least 4 members (excludes halogenated alkanes) is 2. The first-order chi connectivity index (χ1) is 29.4. The number of imide groups is 1. The van der Waals surface area contributed by atoms with Gasteiger partial charge in [-0.25, -0.2) is 17.8 Å². The number of nitrogens with zero attached hydrogens (tertiary/aromatic N) is 3. The number of ether oxygens (including phenoxy) is 4. The number of carbonyl (C=O) groups is 3. The minimum Gasteiger partial charge on any atom is -0.744 e. The third-order valence-electron chi connectivity index (χ3n) is 10.9. The molecule has 0 N–H and O–H groups in total. The molecule has 0 spiro atoms. The summed E-state index contributed by atoms with van der Waals surface area (Å²) in [6.07, 6.45) is 7.65. The quantitative estimate of drug-likeness (QED) is 0.0473. The van der Waals surface area contributed by atoms with Gasteiger partial charge >= 0.3 is 35.5 Å². The predicted octanol–water partition coefficient (Wildman–Crippen LogP) is 2.55. The Morgan fingerprint density at radius 2 is 1.54 bits per heavy atom. The zero-order chi connectivity index (χ0) is 45.1. The van der Waals surface area contributed by atoms with E-state index in [9.17, 15) is 27.4 Å². The van der Waals surface area contributed by atoms with E-state index in [-0.39, 0.29) is 59.1 Å². The molecular weight excluding hydrogens is 842 g/mol. The van der Waals surface area contributed by atoms with Crippen molar-refractivity contribution in [1.29, 1.82) is 0 Å². The van der Waals surface area contributed by atoms with Crippen molar-refractivity contribution in [3.05, 3.63) is 82.6 Å². The van der Waals surface area contributed by atoms with Crippen molar-refractivity contribution in [2.75, 3.05) is 78.4 Å². The molecule has 1 saturated heterocycles. The predicted molar refractivity (Wildman–Crippen MR) is 232 cm³/mol. The zero-order valence-electron chi connectivity index (χ0n) is 38.0. The van der Waals surface area contributed by atoms with Crippen molar-refractivity contribution in [1.82, 2.24) is 9.64 Å². The average molecular weight is 903 g/mol. The minimum atomic E-state index is -4.70. The van der Waals surface area contributed by atoms with Gasteiger partial charge in [-0.3, -0.25) is 9.59 Å². The Labute approximate surface area is 393 Å². The number of anilines is 1. The normalized spacial score (nSPS) is 15.8. The Kier molecular flexibility index (Phi) is 19.3. The van der Waals surface area contributed by atoms with Crippen LogP contribution in [0.4, 0.5) is 5.69 Å². The fraction of sp³-hybridized carbons (Fsp3) is 0.522. The minimum absolute atomic E-state index is 0. The van der Waals surface area contributed by atoms with E-state index in [0.29, 0.717) is 94.9 Å². The molecule has 17 heteroatoms. The van der Waals surface area contributed by atoms with E-state index < -0.39 is 33.3 Å². The molecule has 0 atom stereocenters. The van der Waals surface area contributed by atoms with E-state index >= 15 is 0 Å². The van der Waals surface area contributed by atoms with Crippen LogP contribution in [0.2, 0.25) is 0 Å². The van der Waals surface area contributed by atoms with Gasteiger partial charge in [0.15, 0.2) is 13.1 Å². The number of fused-ring (bicyclic) bond motifs is 2. The largest absolute Gasteiger partial charge is 1.00 e. The summed E-state index contributed by atoms with van der Waals surface area (Å²) in [5, 5.41) is 1.52. The SMILES string of the molecule is COCCOCC[N+](CCOCCOC)=c1ccc2c(C(C)(C)C)cc(/C=C/C=C3/N(CCCCCC(=O)ON4C(=O)CCC4=O)c4ccc(S(=O)(=O)[O-])cc4C3(C)C)oc-2c1.[Na+]. The van der Waals surface area contributed by atoms with E-state index in [4.69, 9.17) is 28.2 Å². The summed E-state index contributed by atoms with van der Waals surface area (Å²) in [5.74, 6) is -0.332. The van der Waals surface area contributed by atoms with Gasteiger partial charge in [-0.2, -0.15) is 0 Å². The van der Waals surface area contributed by atoms with E-state index in [2.05, 4.69) is 54.5 Å². The molecule has 3 aliphatic heterocycles. The van der Waals surface area contributed by atoms with Crippen molar-refractivity contribution in [3.8, 4) is 11.3 Å². The summed E-state index contributed by atoms with van der Waals surface area (Å²) in [6, 6.07) is 12.8. The van der Waals surface area contributed by atoms with Crippen LogP contribution < -0.4 is 44.4 Å². The Hall–Kier alpha value is -3.71. The van der Waals surface area contributed by atoms with Crippen LogP contribution in [0.1, 0.15) is 90.0 Å². The molecule has 0 unspecified atom stereocenters. The smallest absolute Gasteiger partial charge is 0.744 e. The number of hydrogen-bond acceptors (Lipinski definition) is 13. The third kappa shape index (κ3) is 13.9. The maximum Gasteiger partial charge on any atom is 1.00 e. The van der Waals surface area contributed by atoms with Crippen molar-refractivity contribution in [2.24, 2.45) is 0 Å². The number of benzene rings is 2. The van der Waals surface area contributed by atoms with E-state index in [1.54, 1.807) is 20.3 Å². The number of hydrogen-bond donors (Lipinski definition) is 0. The average Bonchev–Trinajstić information content (AvgIpc) is 3.64. The topological polar surface area (TPSA) is 177 Å². The summed E-state index contributed by atoms with van der Waals surface area (Å²) in [6.45, 7) is 15.3. The van der Waals surface area contributed by atoms with E-state index in [1.807, 2.05) is 32.1 Å². The van der Waals surface area contributed by atoms with Crippen molar-refractivity contribution < 1.29 is 85.1 Å². The maximum atomic E-state index is 12.4. The molecule has 1 aromatic carbocycles. The fourth-order valence-electron chi connectivity index (χ4n) is 7.61. The van der Waals surface area contributed by atoms with Crippen LogP contribution in [0.15, 0.2) is 69.6 Å². The van der Waals surface area contributed by atoms with Gasteiger partial charge in [0.1, 0.15) is 34.9 Å². The standard InChI is InChI=1S/C46H61N3O12S.Na/c1-45(2,3)37-31-34(60-40-30-33(15-17-36(37)40)47(22-24-58-28-26-56-6)23-25-59-29-27-57-7)12-11-13-41-46(4,5)38-32-35(62(53,54)55)16-18-39(38)48(41)21-10-8-9-14-44(52)61-49-42(50)19-20-43(49)51;/h11-13,15-18,30-32H,8-10,14,19-29H2,1-7H3;/q;+1. The van der Waals surface area contributed by atoms with Crippen molar-refractivity contribution in [2.45, 2.75) is 88.9 Å². The van der Waals surface area contributed by atoms with Gasteiger partial charge in [0, 0.05) is 68.5 Å². The molecule has 0 bridgehead atoms. The van der Waals surface area contributed by atoms with Gasteiger partial charge in [-0.1, -0.05) is 47.1 Å². The Morgan fingerprint density at radius 3 is 2.14 bits per heavy atom. The van der Waals surface area contributed by atoms with Crippen LogP contribution >= 0.6 is 0 Å². The first kappa shape index (κ1) is 51.9. The van der Waals surface area contributed by atoms with Crippen LogP contribution in [-0.2, 0) is 59.1 Å². The Bertz CT molecular complexity index is 2250. The van der Waals surface area contributed by atoms with Crippen molar-refractivity contribution in [3.63, 3.8) is 0 Å². The Morgan fingerprint density at radius 1 is 0.889 bits per heavy atom. The van der Waals surface area contributed by atoms with Crippen LogP contribution in [-0.4, -0.2) is 109 Å².